The van der Waals surface area contributed by atoms with Gasteiger partial charge < -0.3 is 0 Å². The third kappa shape index (κ3) is 2.73. The SMILES string of the molecule is CC#Cc1ccc(C(C)(C)C)cc1C(C)=O. The smallest absolute Gasteiger partial charge is 0.161 e. The van der Waals surface area contributed by atoms with Gasteiger partial charge in [0.2, 0.25) is 0 Å². The summed E-state index contributed by atoms with van der Waals surface area (Å²) in [5.41, 5.74) is 2.77. The molecule has 1 heteroatoms. The van der Waals surface area contributed by atoms with Gasteiger partial charge in [-0.2, -0.15) is 0 Å². The summed E-state index contributed by atoms with van der Waals surface area (Å²) in [7, 11) is 0. The summed E-state index contributed by atoms with van der Waals surface area (Å²) in [5.74, 6) is 5.87. The van der Waals surface area contributed by atoms with Crippen molar-refractivity contribution >= 4 is 5.78 Å². The molecule has 0 saturated heterocycles. The van der Waals surface area contributed by atoms with Crippen molar-refractivity contribution in [2.45, 2.75) is 40.0 Å². The maximum atomic E-state index is 11.6. The Labute approximate surface area is 97.9 Å². The van der Waals surface area contributed by atoms with E-state index in [1.165, 1.54) is 5.56 Å². The summed E-state index contributed by atoms with van der Waals surface area (Å²) in [5, 5.41) is 0. The molecular weight excluding hydrogens is 196 g/mol. The van der Waals surface area contributed by atoms with E-state index in [0.29, 0.717) is 0 Å². The monoisotopic (exact) mass is 214 g/mol. The van der Waals surface area contributed by atoms with Crippen molar-refractivity contribution in [3.05, 3.63) is 34.9 Å². The van der Waals surface area contributed by atoms with E-state index < -0.39 is 0 Å². The standard InChI is InChI=1S/C15H18O/c1-6-7-12-8-9-13(15(3,4)5)10-14(12)11(2)16/h8-10H,1-5H3. The lowest BCUT2D eigenvalue weighted by molar-refractivity contribution is 0.101. The van der Waals surface area contributed by atoms with Crippen molar-refractivity contribution in [3.63, 3.8) is 0 Å². The molecule has 0 aromatic heterocycles. The molecule has 16 heavy (non-hydrogen) atoms. The second kappa shape index (κ2) is 4.53. The van der Waals surface area contributed by atoms with E-state index in [1.807, 2.05) is 18.2 Å². The number of rotatable bonds is 1. The first-order valence-corrected chi connectivity index (χ1v) is 5.44. The van der Waals surface area contributed by atoms with Crippen LogP contribution < -0.4 is 0 Å². The van der Waals surface area contributed by atoms with Gasteiger partial charge in [0.05, 0.1) is 0 Å². The van der Waals surface area contributed by atoms with E-state index in [4.69, 9.17) is 0 Å². The van der Waals surface area contributed by atoms with Gasteiger partial charge in [-0.05, 0) is 37.0 Å². The fraction of sp³-hybridized carbons (Fsp3) is 0.400. The van der Waals surface area contributed by atoms with Crippen LogP contribution >= 0.6 is 0 Å². The molecule has 0 aliphatic carbocycles. The molecule has 0 amide bonds. The molecule has 0 heterocycles. The molecule has 1 aromatic carbocycles. The lowest BCUT2D eigenvalue weighted by atomic mass is 9.85. The first kappa shape index (κ1) is 12.5. The van der Waals surface area contributed by atoms with Crippen LogP contribution in [-0.4, -0.2) is 5.78 Å². The number of ketones is 1. The number of Topliss-reactive ketones (excluding diaryl/α,β-unsaturated/α-hetero) is 1. The lowest BCUT2D eigenvalue weighted by Crippen LogP contribution is -2.12. The van der Waals surface area contributed by atoms with Gasteiger partial charge in [-0.3, -0.25) is 4.79 Å². The van der Waals surface area contributed by atoms with Crippen LogP contribution in [0.4, 0.5) is 0 Å². The van der Waals surface area contributed by atoms with Gasteiger partial charge in [0.15, 0.2) is 5.78 Å². The zero-order chi connectivity index (χ0) is 12.3. The second-order valence-corrected chi connectivity index (χ2v) is 4.94. The number of benzene rings is 1. The maximum absolute atomic E-state index is 11.6. The van der Waals surface area contributed by atoms with Crippen molar-refractivity contribution in [3.8, 4) is 11.8 Å². The molecule has 0 saturated carbocycles. The summed E-state index contributed by atoms with van der Waals surface area (Å²) in [6.45, 7) is 9.77. The first-order valence-electron chi connectivity index (χ1n) is 5.44. The molecule has 1 aromatic rings. The predicted molar refractivity (Wildman–Crippen MR) is 67.7 cm³/mol. The number of carbonyl (C=O) groups excluding carboxylic acids is 1. The Kier molecular flexibility index (Phi) is 3.55. The van der Waals surface area contributed by atoms with Crippen LogP contribution in [0, 0.1) is 11.8 Å². The Bertz CT molecular complexity index is 464. The minimum atomic E-state index is 0.0579. The Hall–Kier alpha value is -1.55. The largest absolute Gasteiger partial charge is 0.294 e. The highest BCUT2D eigenvalue weighted by atomic mass is 16.1. The van der Waals surface area contributed by atoms with E-state index >= 15 is 0 Å². The highest BCUT2D eigenvalue weighted by molar-refractivity contribution is 5.96. The summed E-state index contributed by atoms with van der Waals surface area (Å²) < 4.78 is 0. The van der Waals surface area contributed by atoms with E-state index in [0.717, 1.165) is 11.1 Å². The molecule has 1 rings (SSSR count). The van der Waals surface area contributed by atoms with Crippen LogP contribution in [0.3, 0.4) is 0 Å². The van der Waals surface area contributed by atoms with Gasteiger partial charge in [0, 0.05) is 11.1 Å². The van der Waals surface area contributed by atoms with E-state index in [9.17, 15) is 4.79 Å². The molecule has 0 aliphatic heterocycles. The van der Waals surface area contributed by atoms with Crippen molar-refractivity contribution in [1.82, 2.24) is 0 Å². The molecule has 0 bridgehead atoms. The summed E-state index contributed by atoms with van der Waals surface area (Å²) in [6.07, 6.45) is 0. The minimum absolute atomic E-state index is 0.0579. The topological polar surface area (TPSA) is 17.1 Å². The third-order valence-electron chi connectivity index (χ3n) is 2.52. The van der Waals surface area contributed by atoms with Crippen LogP contribution in [0.15, 0.2) is 18.2 Å². The maximum Gasteiger partial charge on any atom is 0.161 e. The quantitative estimate of drug-likeness (QED) is 0.516. The Morgan fingerprint density at radius 3 is 2.31 bits per heavy atom. The van der Waals surface area contributed by atoms with Crippen molar-refractivity contribution in [2.75, 3.05) is 0 Å². The molecular formula is C15H18O. The van der Waals surface area contributed by atoms with E-state index in [1.54, 1.807) is 13.8 Å². The molecule has 1 nitrogen and oxygen atoms in total. The Balaban J connectivity index is 3.38. The fourth-order valence-corrected chi connectivity index (χ4v) is 1.55. The van der Waals surface area contributed by atoms with Crippen molar-refractivity contribution in [2.24, 2.45) is 0 Å². The van der Waals surface area contributed by atoms with Gasteiger partial charge in [-0.25, -0.2) is 0 Å². The van der Waals surface area contributed by atoms with Crippen molar-refractivity contribution in [1.29, 1.82) is 0 Å². The molecule has 0 fully saturated rings. The summed E-state index contributed by atoms with van der Waals surface area (Å²) in [4.78, 5) is 11.6. The van der Waals surface area contributed by atoms with Crippen LogP contribution in [0.5, 0.6) is 0 Å². The molecule has 0 atom stereocenters. The molecule has 0 unspecified atom stereocenters. The van der Waals surface area contributed by atoms with Gasteiger partial charge in [-0.1, -0.05) is 32.8 Å². The normalized spacial score (nSPS) is 10.6. The van der Waals surface area contributed by atoms with Gasteiger partial charge in [0.25, 0.3) is 0 Å². The third-order valence-corrected chi connectivity index (χ3v) is 2.52. The van der Waals surface area contributed by atoms with Gasteiger partial charge in [0.1, 0.15) is 0 Å². The lowest BCUT2D eigenvalue weighted by Gasteiger charge is -2.20. The zero-order valence-corrected chi connectivity index (χ0v) is 10.6. The molecule has 0 N–H and O–H groups in total. The molecule has 0 spiro atoms. The molecule has 0 radical (unpaired) electrons. The van der Waals surface area contributed by atoms with E-state index in [-0.39, 0.29) is 11.2 Å². The van der Waals surface area contributed by atoms with Crippen LogP contribution in [-0.2, 0) is 5.41 Å². The predicted octanol–water partition coefficient (Wildman–Crippen LogP) is 3.56. The second-order valence-electron chi connectivity index (χ2n) is 4.94. The highest BCUT2D eigenvalue weighted by Gasteiger charge is 2.16. The molecule has 84 valence electrons. The average Bonchev–Trinajstić information content (AvgIpc) is 2.16. The Morgan fingerprint density at radius 1 is 1.25 bits per heavy atom. The number of hydrogen-bond acceptors (Lipinski definition) is 1. The number of carbonyl (C=O) groups is 1. The Morgan fingerprint density at radius 2 is 1.88 bits per heavy atom. The first-order chi connectivity index (χ1) is 7.36. The van der Waals surface area contributed by atoms with Crippen LogP contribution in [0.2, 0.25) is 0 Å². The van der Waals surface area contributed by atoms with Crippen LogP contribution in [0.1, 0.15) is 56.1 Å². The van der Waals surface area contributed by atoms with Crippen molar-refractivity contribution < 1.29 is 4.79 Å². The van der Waals surface area contributed by atoms with Crippen LogP contribution in [0.25, 0.3) is 0 Å². The fourth-order valence-electron chi connectivity index (χ4n) is 1.55. The van der Waals surface area contributed by atoms with E-state index in [2.05, 4.69) is 32.6 Å². The van der Waals surface area contributed by atoms with Gasteiger partial charge >= 0.3 is 0 Å². The molecule has 0 aliphatic rings. The highest BCUT2D eigenvalue weighted by Crippen LogP contribution is 2.24. The summed E-state index contributed by atoms with van der Waals surface area (Å²) >= 11 is 0. The summed E-state index contributed by atoms with van der Waals surface area (Å²) in [6, 6.07) is 5.95. The average molecular weight is 214 g/mol. The zero-order valence-electron chi connectivity index (χ0n) is 10.6. The minimum Gasteiger partial charge on any atom is -0.294 e. The van der Waals surface area contributed by atoms with Gasteiger partial charge in [-0.15, -0.1) is 5.92 Å². The number of hydrogen-bond donors (Lipinski definition) is 0.